The fourth-order valence-corrected chi connectivity index (χ4v) is 7.18. The second kappa shape index (κ2) is 12.0. The van der Waals surface area contributed by atoms with E-state index in [0.29, 0.717) is 36.9 Å². The van der Waals surface area contributed by atoms with Crippen molar-refractivity contribution in [2.45, 2.75) is 37.4 Å². The van der Waals surface area contributed by atoms with E-state index in [2.05, 4.69) is 16.0 Å². The highest BCUT2D eigenvalue weighted by molar-refractivity contribution is 7.26. The maximum absolute atomic E-state index is 14.8. The first-order chi connectivity index (χ1) is 21.5. The van der Waals surface area contributed by atoms with E-state index in [1.54, 1.807) is 20.0 Å². The molecule has 6 rings (SSSR count). The molecule has 0 aliphatic carbocycles. The second-order valence-electron chi connectivity index (χ2n) is 11.0. The third kappa shape index (κ3) is 5.41. The van der Waals surface area contributed by atoms with E-state index in [-0.39, 0.29) is 35.7 Å². The van der Waals surface area contributed by atoms with Gasteiger partial charge in [0.1, 0.15) is 42.2 Å². The van der Waals surface area contributed by atoms with Crippen LogP contribution in [0.4, 0.5) is 8.78 Å². The molecule has 3 heterocycles. The van der Waals surface area contributed by atoms with Crippen LogP contribution in [0, 0.1) is 18.6 Å². The molecule has 3 amide bonds. The molecule has 0 saturated carbocycles. The van der Waals surface area contributed by atoms with Crippen LogP contribution < -0.4 is 16.0 Å². The van der Waals surface area contributed by atoms with Gasteiger partial charge >= 0.3 is 0 Å². The maximum atomic E-state index is 14.8. The number of benzene rings is 3. The molecule has 45 heavy (non-hydrogen) atoms. The number of aryl methyl sites for hydroxylation is 1. The van der Waals surface area contributed by atoms with Crippen molar-refractivity contribution in [3.8, 4) is 11.1 Å². The highest BCUT2D eigenvalue weighted by Crippen LogP contribution is 2.46. The zero-order valence-electron chi connectivity index (χ0n) is 24.1. The normalized spacial score (nSPS) is 23.2. The van der Waals surface area contributed by atoms with E-state index in [4.69, 9.17) is 4.74 Å². The smallest absolute Gasteiger partial charge is 0.259 e. The lowest BCUT2D eigenvalue weighted by Crippen LogP contribution is -2.59. The monoisotopic (exact) mass is 637 g/mol. The van der Waals surface area contributed by atoms with E-state index in [1.165, 1.54) is 53.8 Å². The van der Waals surface area contributed by atoms with Crippen LogP contribution in [0.1, 0.15) is 31.8 Å². The summed E-state index contributed by atoms with van der Waals surface area (Å²) < 4.78 is 36.3. The summed E-state index contributed by atoms with van der Waals surface area (Å²) in [6.45, 7) is 1.64. The van der Waals surface area contributed by atoms with Crippen LogP contribution in [0.5, 0.6) is 0 Å². The van der Waals surface area contributed by atoms with Gasteiger partial charge in [-0.1, -0.05) is 18.2 Å². The molecular formula is C32H29F2N3O7S. The molecule has 13 heteroatoms. The lowest BCUT2D eigenvalue weighted by atomic mass is 9.87. The van der Waals surface area contributed by atoms with Crippen molar-refractivity contribution in [3.05, 3.63) is 76.4 Å². The number of imide groups is 1. The fourth-order valence-electron chi connectivity index (χ4n) is 5.99. The standard InChI is InChI=1S/C32H29F2N3O7S/c1-13-23(25-26(32(43)37-31(25)42)24-18-10-16(34)6-8-21(18)45-30(13)24)17-9-15(33)5-3-14(17)4-7-19-27(39)29(41)28(40)20(44-19)11-36-22(38)12-35-2/h3-10,19-20,27-29,35,39-41H,11-12H2,1-2H3,(H,36,38)(H,37,42,43)/b7-4-/t19?,20?,27-,28+,29+/m0/s1. The molecule has 234 valence electrons. The Labute approximate surface area is 259 Å². The zero-order chi connectivity index (χ0) is 32.2. The lowest BCUT2D eigenvalue weighted by molar-refractivity contribution is -0.207. The molecule has 1 aromatic heterocycles. The number of fused-ring (bicyclic) bond motifs is 5. The van der Waals surface area contributed by atoms with E-state index < -0.39 is 54.0 Å². The molecule has 1 saturated heterocycles. The topological polar surface area (TPSA) is 157 Å². The van der Waals surface area contributed by atoms with Gasteiger partial charge in [0.2, 0.25) is 5.91 Å². The van der Waals surface area contributed by atoms with Gasteiger partial charge in [0.15, 0.2) is 0 Å². The Hall–Kier alpha value is -4.11. The number of thiophene rings is 1. The average molecular weight is 638 g/mol. The Morgan fingerprint density at radius 2 is 1.71 bits per heavy atom. The predicted octanol–water partition coefficient (Wildman–Crippen LogP) is 2.39. The van der Waals surface area contributed by atoms with Crippen LogP contribution >= 0.6 is 11.3 Å². The minimum Gasteiger partial charge on any atom is -0.388 e. The Bertz CT molecular complexity index is 1910. The van der Waals surface area contributed by atoms with Gasteiger partial charge in [-0.3, -0.25) is 19.7 Å². The summed E-state index contributed by atoms with van der Waals surface area (Å²) in [5, 5.41) is 40.2. The molecule has 1 fully saturated rings. The van der Waals surface area contributed by atoms with Gasteiger partial charge in [0.25, 0.3) is 11.8 Å². The number of aliphatic hydroxyl groups is 3. The number of halogens is 2. The Morgan fingerprint density at radius 3 is 2.47 bits per heavy atom. The number of ether oxygens (including phenoxy) is 1. The number of hydrogen-bond acceptors (Lipinski definition) is 9. The number of amides is 3. The molecule has 0 spiro atoms. The van der Waals surface area contributed by atoms with Crippen molar-refractivity contribution >= 4 is 55.3 Å². The molecule has 6 N–H and O–H groups in total. The third-order valence-corrected chi connectivity index (χ3v) is 9.42. The highest BCUT2D eigenvalue weighted by Gasteiger charge is 2.43. The largest absolute Gasteiger partial charge is 0.388 e. The van der Waals surface area contributed by atoms with Crippen molar-refractivity contribution in [2.24, 2.45) is 0 Å². The van der Waals surface area contributed by atoms with Crippen LogP contribution in [-0.4, -0.2) is 83.7 Å². The molecule has 2 aliphatic rings. The van der Waals surface area contributed by atoms with Crippen LogP contribution in [0.15, 0.2) is 42.5 Å². The second-order valence-corrected chi connectivity index (χ2v) is 12.1. The quantitative estimate of drug-likeness (QED) is 0.169. The van der Waals surface area contributed by atoms with Gasteiger partial charge in [-0.15, -0.1) is 11.3 Å². The summed E-state index contributed by atoms with van der Waals surface area (Å²) in [5.41, 5.74) is 1.70. The number of likely N-dealkylation sites (N-methyl/N-ethyl adjacent to an activating group) is 1. The van der Waals surface area contributed by atoms with Crippen LogP contribution in [-0.2, 0) is 9.53 Å². The van der Waals surface area contributed by atoms with E-state index in [9.17, 15) is 38.5 Å². The molecule has 4 aromatic rings. The highest BCUT2D eigenvalue weighted by atomic mass is 32.1. The predicted molar refractivity (Wildman–Crippen MR) is 164 cm³/mol. The molecule has 3 aromatic carbocycles. The van der Waals surface area contributed by atoms with Crippen molar-refractivity contribution in [1.29, 1.82) is 0 Å². The van der Waals surface area contributed by atoms with E-state index in [1.807, 2.05) is 0 Å². The fraction of sp³-hybridized carbons (Fsp3) is 0.281. The number of carbonyl (C=O) groups is 3. The molecule has 2 unspecified atom stereocenters. The summed E-state index contributed by atoms with van der Waals surface area (Å²) in [6, 6.07) is 8.14. The maximum Gasteiger partial charge on any atom is 0.259 e. The minimum atomic E-state index is -1.59. The molecular weight excluding hydrogens is 608 g/mol. The van der Waals surface area contributed by atoms with Gasteiger partial charge in [-0.25, -0.2) is 8.78 Å². The summed E-state index contributed by atoms with van der Waals surface area (Å²) >= 11 is 1.32. The number of nitrogens with one attached hydrogen (secondary N) is 3. The van der Waals surface area contributed by atoms with Gasteiger partial charge < -0.3 is 30.7 Å². The van der Waals surface area contributed by atoms with E-state index >= 15 is 0 Å². The Balaban J connectivity index is 1.44. The summed E-state index contributed by atoms with van der Waals surface area (Å²) in [7, 11) is 1.60. The Kier molecular flexibility index (Phi) is 8.24. The number of aliphatic hydroxyl groups excluding tert-OH is 3. The first-order valence-electron chi connectivity index (χ1n) is 14.1. The first-order valence-corrected chi connectivity index (χ1v) is 14.9. The number of rotatable bonds is 7. The van der Waals surface area contributed by atoms with Gasteiger partial charge in [-0.2, -0.15) is 0 Å². The van der Waals surface area contributed by atoms with E-state index in [0.717, 1.165) is 0 Å². The first kappa shape index (κ1) is 30.9. The van der Waals surface area contributed by atoms with Crippen LogP contribution in [0.25, 0.3) is 37.4 Å². The third-order valence-electron chi connectivity index (χ3n) is 8.13. The molecule has 0 bridgehead atoms. The number of hydrogen-bond donors (Lipinski definition) is 6. The minimum absolute atomic E-state index is 0.0293. The summed E-state index contributed by atoms with van der Waals surface area (Å²) in [6.07, 6.45) is -3.84. The van der Waals surface area contributed by atoms with Crippen molar-refractivity contribution in [1.82, 2.24) is 16.0 Å². The average Bonchev–Trinajstić information content (AvgIpc) is 3.52. The van der Waals surface area contributed by atoms with Crippen molar-refractivity contribution in [3.63, 3.8) is 0 Å². The number of carbonyl (C=O) groups excluding carboxylic acids is 3. The van der Waals surface area contributed by atoms with Crippen LogP contribution in [0.3, 0.4) is 0 Å². The zero-order valence-corrected chi connectivity index (χ0v) is 24.9. The molecule has 10 nitrogen and oxygen atoms in total. The van der Waals surface area contributed by atoms with Crippen LogP contribution in [0.2, 0.25) is 0 Å². The SMILES string of the molecule is CNCC(=O)NCC1OC(/C=C\c2ccc(F)cc2-c2c3c(c4c(sc5ccc(F)cc54)c2C)C(=O)NC3=O)[C@H](O)[C@@H](O)[C@@H]1O. The van der Waals surface area contributed by atoms with Gasteiger partial charge in [-0.05, 0) is 61.0 Å². The van der Waals surface area contributed by atoms with Crippen molar-refractivity contribution < 1.29 is 43.2 Å². The van der Waals surface area contributed by atoms with Crippen molar-refractivity contribution in [2.75, 3.05) is 20.1 Å². The molecule has 5 atom stereocenters. The molecule has 2 aliphatic heterocycles. The Morgan fingerprint density at radius 1 is 1.00 bits per heavy atom. The summed E-state index contributed by atoms with van der Waals surface area (Å²) in [5.74, 6) is -2.77. The molecule has 0 radical (unpaired) electrons. The van der Waals surface area contributed by atoms with Gasteiger partial charge in [0, 0.05) is 32.3 Å². The van der Waals surface area contributed by atoms with Gasteiger partial charge in [0.05, 0.1) is 17.7 Å². The lowest BCUT2D eigenvalue weighted by Gasteiger charge is -2.39. The summed E-state index contributed by atoms with van der Waals surface area (Å²) in [4.78, 5) is 38.3.